The Bertz CT molecular complexity index is 780. The summed E-state index contributed by atoms with van der Waals surface area (Å²) in [6.07, 6.45) is 9.87. The fourth-order valence-corrected chi connectivity index (χ4v) is 2.53. The molecule has 25 heavy (non-hydrogen) atoms. The SMILES string of the molecule is CCOC(=O)/C=C/c1cccn1CCOc1cccc(C=C2CC2)c1. The highest BCUT2D eigenvalue weighted by molar-refractivity contribution is 5.86. The van der Waals surface area contributed by atoms with Gasteiger partial charge in [0.1, 0.15) is 12.4 Å². The number of aromatic nitrogens is 1. The molecule has 0 unspecified atom stereocenters. The zero-order valence-electron chi connectivity index (χ0n) is 14.5. The Morgan fingerprint density at radius 3 is 2.92 bits per heavy atom. The van der Waals surface area contributed by atoms with Gasteiger partial charge >= 0.3 is 5.97 Å². The Balaban J connectivity index is 1.53. The highest BCUT2D eigenvalue weighted by Crippen LogP contribution is 2.30. The number of hydrogen-bond donors (Lipinski definition) is 0. The van der Waals surface area contributed by atoms with Gasteiger partial charge in [0.25, 0.3) is 0 Å². The van der Waals surface area contributed by atoms with Gasteiger partial charge in [-0.25, -0.2) is 4.79 Å². The second-order valence-electron chi connectivity index (χ2n) is 5.94. The van der Waals surface area contributed by atoms with E-state index in [0.29, 0.717) is 19.8 Å². The first kappa shape index (κ1) is 17.1. The summed E-state index contributed by atoms with van der Waals surface area (Å²) >= 11 is 0. The molecule has 1 fully saturated rings. The summed E-state index contributed by atoms with van der Waals surface area (Å²) < 4.78 is 12.8. The smallest absolute Gasteiger partial charge is 0.330 e. The van der Waals surface area contributed by atoms with Crippen molar-refractivity contribution in [2.75, 3.05) is 13.2 Å². The summed E-state index contributed by atoms with van der Waals surface area (Å²) in [6, 6.07) is 12.1. The standard InChI is InChI=1S/C21H23NO3/c1-2-24-21(23)11-10-19-6-4-12-22(19)13-14-25-20-7-3-5-18(16-20)15-17-8-9-17/h3-7,10-12,15-16H,2,8-9,13-14H2,1H3/b11-10+. The molecule has 1 aromatic heterocycles. The van der Waals surface area contributed by atoms with Crippen molar-refractivity contribution in [1.29, 1.82) is 0 Å². The monoisotopic (exact) mass is 337 g/mol. The van der Waals surface area contributed by atoms with Gasteiger partial charge in [0.15, 0.2) is 0 Å². The summed E-state index contributed by atoms with van der Waals surface area (Å²) in [5, 5.41) is 0. The number of carbonyl (C=O) groups is 1. The van der Waals surface area contributed by atoms with Gasteiger partial charge in [-0.1, -0.05) is 23.8 Å². The molecule has 0 saturated heterocycles. The van der Waals surface area contributed by atoms with Crippen molar-refractivity contribution in [2.45, 2.75) is 26.3 Å². The van der Waals surface area contributed by atoms with Crippen LogP contribution in [0.15, 0.2) is 54.2 Å². The number of nitrogens with zero attached hydrogens (tertiary/aromatic N) is 1. The maximum Gasteiger partial charge on any atom is 0.330 e. The highest BCUT2D eigenvalue weighted by atomic mass is 16.5. The van der Waals surface area contributed by atoms with Crippen molar-refractivity contribution in [3.05, 3.63) is 65.5 Å². The van der Waals surface area contributed by atoms with Crippen LogP contribution in [0.1, 0.15) is 31.0 Å². The summed E-state index contributed by atoms with van der Waals surface area (Å²) in [6.45, 7) is 3.45. The van der Waals surface area contributed by atoms with E-state index >= 15 is 0 Å². The molecule has 0 atom stereocenters. The lowest BCUT2D eigenvalue weighted by atomic mass is 10.2. The predicted octanol–water partition coefficient (Wildman–Crippen LogP) is 4.32. The Labute approximate surface area is 148 Å². The molecule has 1 saturated carbocycles. The minimum absolute atomic E-state index is 0.326. The largest absolute Gasteiger partial charge is 0.492 e. The van der Waals surface area contributed by atoms with Crippen LogP contribution in [0.4, 0.5) is 0 Å². The highest BCUT2D eigenvalue weighted by Gasteiger charge is 2.10. The molecule has 2 aromatic rings. The lowest BCUT2D eigenvalue weighted by Crippen LogP contribution is -2.08. The maximum absolute atomic E-state index is 11.4. The number of ether oxygens (including phenoxy) is 2. The van der Waals surface area contributed by atoms with Gasteiger partial charge in [0.2, 0.25) is 0 Å². The number of carbonyl (C=O) groups excluding carboxylic acids is 1. The molecule has 1 aromatic carbocycles. The van der Waals surface area contributed by atoms with E-state index in [9.17, 15) is 4.79 Å². The Hall–Kier alpha value is -2.75. The first-order valence-corrected chi connectivity index (χ1v) is 8.67. The molecule has 0 spiro atoms. The molecule has 0 aliphatic heterocycles. The number of esters is 1. The van der Waals surface area contributed by atoms with E-state index in [1.807, 2.05) is 35.0 Å². The van der Waals surface area contributed by atoms with E-state index in [4.69, 9.17) is 9.47 Å². The topological polar surface area (TPSA) is 40.5 Å². The first-order valence-electron chi connectivity index (χ1n) is 8.67. The van der Waals surface area contributed by atoms with E-state index in [1.54, 1.807) is 13.0 Å². The van der Waals surface area contributed by atoms with Gasteiger partial charge in [-0.05, 0) is 55.7 Å². The average Bonchev–Trinajstić information content (AvgIpc) is 3.30. The minimum Gasteiger partial charge on any atom is -0.492 e. The molecule has 3 rings (SSSR count). The molecular formula is C21H23NO3. The van der Waals surface area contributed by atoms with Crippen LogP contribution in [0.3, 0.4) is 0 Å². The van der Waals surface area contributed by atoms with Gasteiger partial charge in [-0.15, -0.1) is 0 Å². The summed E-state index contributed by atoms with van der Waals surface area (Å²) in [4.78, 5) is 11.4. The van der Waals surface area contributed by atoms with Gasteiger partial charge in [-0.2, -0.15) is 0 Å². The van der Waals surface area contributed by atoms with Crippen LogP contribution in [0, 0.1) is 0 Å². The third-order valence-corrected chi connectivity index (χ3v) is 3.91. The van der Waals surface area contributed by atoms with E-state index in [-0.39, 0.29) is 5.97 Å². The minimum atomic E-state index is -0.326. The number of benzene rings is 1. The van der Waals surface area contributed by atoms with Crippen molar-refractivity contribution in [3.8, 4) is 5.75 Å². The summed E-state index contributed by atoms with van der Waals surface area (Å²) in [7, 11) is 0. The molecule has 0 N–H and O–H groups in total. The van der Waals surface area contributed by atoms with Crippen molar-refractivity contribution in [1.82, 2.24) is 4.57 Å². The Kier molecular flexibility index (Phi) is 5.73. The second kappa shape index (κ2) is 8.38. The molecule has 1 heterocycles. The molecule has 4 nitrogen and oxygen atoms in total. The number of hydrogen-bond acceptors (Lipinski definition) is 3. The summed E-state index contributed by atoms with van der Waals surface area (Å²) in [5.74, 6) is 0.555. The van der Waals surface area contributed by atoms with E-state index in [0.717, 1.165) is 11.4 Å². The third kappa shape index (κ3) is 5.38. The van der Waals surface area contributed by atoms with Crippen molar-refractivity contribution < 1.29 is 14.3 Å². The zero-order chi connectivity index (χ0) is 17.5. The van der Waals surface area contributed by atoms with Gasteiger partial charge in [0, 0.05) is 18.0 Å². The van der Waals surface area contributed by atoms with E-state index in [2.05, 4.69) is 18.2 Å². The molecule has 0 amide bonds. The molecule has 0 bridgehead atoms. The van der Waals surface area contributed by atoms with Crippen LogP contribution in [-0.4, -0.2) is 23.8 Å². The zero-order valence-corrected chi connectivity index (χ0v) is 14.5. The van der Waals surface area contributed by atoms with Crippen LogP contribution in [0.2, 0.25) is 0 Å². The van der Waals surface area contributed by atoms with Crippen LogP contribution in [0.25, 0.3) is 12.2 Å². The normalized spacial score (nSPS) is 13.1. The van der Waals surface area contributed by atoms with Crippen molar-refractivity contribution >= 4 is 18.1 Å². The maximum atomic E-state index is 11.4. The molecule has 1 aliphatic carbocycles. The van der Waals surface area contributed by atoms with Crippen molar-refractivity contribution in [3.63, 3.8) is 0 Å². The lowest BCUT2D eigenvalue weighted by Gasteiger charge is -2.09. The van der Waals surface area contributed by atoms with Crippen molar-refractivity contribution in [2.24, 2.45) is 0 Å². The molecular weight excluding hydrogens is 314 g/mol. The average molecular weight is 337 g/mol. The quantitative estimate of drug-likeness (QED) is 0.532. The fourth-order valence-electron chi connectivity index (χ4n) is 2.53. The molecule has 4 heteroatoms. The van der Waals surface area contributed by atoms with Gasteiger partial charge in [0.05, 0.1) is 13.2 Å². The lowest BCUT2D eigenvalue weighted by molar-refractivity contribution is -0.137. The third-order valence-electron chi connectivity index (χ3n) is 3.91. The van der Waals surface area contributed by atoms with E-state index < -0.39 is 0 Å². The molecule has 130 valence electrons. The van der Waals surface area contributed by atoms with Gasteiger partial charge < -0.3 is 14.0 Å². The Morgan fingerprint density at radius 1 is 1.24 bits per heavy atom. The molecule has 0 radical (unpaired) electrons. The fraction of sp³-hybridized carbons (Fsp3) is 0.286. The molecule has 1 aliphatic rings. The predicted molar refractivity (Wildman–Crippen MR) is 99.2 cm³/mol. The first-order chi connectivity index (χ1) is 12.2. The summed E-state index contributed by atoms with van der Waals surface area (Å²) in [5.41, 5.74) is 3.65. The number of rotatable bonds is 8. The Morgan fingerprint density at radius 2 is 2.12 bits per heavy atom. The van der Waals surface area contributed by atoms with E-state index in [1.165, 1.54) is 30.1 Å². The van der Waals surface area contributed by atoms with Crippen LogP contribution < -0.4 is 4.74 Å². The van der Waals surface area contributed by atoms with Crippen LogP contribution in [0.5, 0.6) is 5.75 Å². The number of allylic oxidation sites excluding steroid dienone is 1. The van der Waals surface area contributed by atoms with Crippen LogP contribution in [-0.2, 0) is 16.1 Å². The van der Waals surface area contributed by atoms with Gasteiger partial charge in [-0.3, -0.25) is 0 Å². The second-order valence-corrected chi connectivity index (χ2v) is 5.94. The van der Waals surface area contributed by atoms with Crippen LogP contribution >= 0.6 is 0 Å².